The molecule has 0 atom stereocenters. The Morgan fingerprint density at radius 2 is 1.79 bits per heavy atom. The van der Waals surface area contributed by atoms with Crippen molar-refractivity contribution < 1.29 is 18.5 Å². The largest absolute Gasteiger partial charge is 0.485 e. The monoisotopic (exact) mass is 568 g/mol. The maximum atomic E-state index is 12.8. The summed E-state index contributed by atoms with van der Waals surface area (Å²) in [4.78, 5) is 21.8. The van der Waals surface area contributed by atoms with Gasteiger partial charge >= 0.3 is 0 Å². The van der Waals surface area contributed by atoms with Gasteiger partial charge in [0.25, 0.3) is 5.91 Å². The normalized spacial score (nSPS) is 11.2. The maximum absolute atomic E-state index is 12.8. The molecule has 1 amide bonds. The molecule has 0 radical (unpaired) electrons. The molecule has 1 N–H and O–H groups in total. The number of ether oxygens (including phenoxy) is 1. The standard InChI is InChI=1S/C29H21BrN4O4/c1-2-27-33-26(34-38-27)16-36-19-12-9-17(10-13-19)28(35)31-18-11-14-25-24(15-18)32-29(37-25)22-7-3-6-21-20(22)5-4-8-23(21)30/h3-15H,2,16H2,1H3,(H,31,35). The Labute approximate surface area is 225 Å². The first kappa shape index (κ1) is 23.9. The number of halogens is 1. The van der Waals surface area contributed by atoms with Crippen LogP contribution in [0.3, 0.4) is 0 Å². The van der Waals surface area contributed by atoms with E-state index in [2.05, 4.69) is 31.4 Å². The lowest BCUT2D eigenvalue weighted by atomic mass is 10.0. The third kappa shape index (κ3) is 4.76. The molecule has 6 rings (SSSR count). The Morgan fingerprint density at radius 1 is 0.974 bits per heavy atom. The number of amides is 1. The maximum Gasteiger partial charge on any atom is 0.255 e. The Balaban J connectivity index is 1.16. The number of rotatable bonds is 7. The SMILES string of the molecule is CCc1nc(COc2ccc(C(=O)Nc3ccc4oc(-c5cccc6c(Br)cccc56)nc4c3)cc2)no1. The number of carbonyl (C=O) groups is 1. The number of fused-ring (bicyclic) bond motifs is 2. The number of oxazole rings is 1. The molecule has 38 heavy (non-hydrogen) atoms. The van der Waals surface area contributed by atoms with Crippen molar-refractivity contribution >= 4 is 49.4 Å². The zero-order valence-electron chi connectivity index (χ0n) is 20.3. The van der Waals surface area contributed by atoms with Gasteiger partial charge in [0.15, 0.2) is 12.2 Å². The Bertz CT molecular complexity index is 1780. The molecule has 0 saturated heterocycles. The quantitative estimate of drug-likeness (QED) is 0.217. The van der Waals surface area contributed by atoms with Crippen molar-refractivity contribution in [2.45, 2.75) is 20.0 Å². The summed E-state index contributed by atoms with van der Waals surface area (Å²) in [6, 6.07) is 24.3. The molecule has 2 heterocycles. The molecule has 6 aromatic rings. The van der Waals surface area contributed by atoms with Gasteiger partial charge in [0.1, 0.15) is 11.3 Å². The van der Waals surface area contributed by atoms with E-state index in [1.165, 1.54) is 0 Å². The molecule has 4 aromatic carbocycles. The lowest BCUT2D eigenvalue weighted by molar-refractivity contribution is 0.102. The minimum Gasteiger partial charge on any atom is -0.485 e. The van der Waals surface area contributed by atoms with Gasteiger partial charge in [0, 0.05) is 27.7 Å². The Hall–Kier alpha value is -4.50. The summed E-state index contributed by atoms with van der Waals surface area (Å²) in [5.74, 6) is 1.92. The highest BCUT2D eigenvalue weighted by atomic mass is 79.9. The van der Waals surface area contributed by atoms with E-state index in [-0.39, 0.29) is 12.5 Å². The van der Waals surface area contributed by atoms with Crippen LogP contribution in [0.15, 0.2) is 92.3 Å². The van der Waals surface area contributed by atoms with Gasteiger partial charge in [0.2, 0.25) is 17.6 Å². The van der Waals surface area contributed by atoms with Crippen LogP contribution >= 0.6 is 15.9 Å². The summed E-state index contributed by atoms with van der Waals surface area (Å²) in [5.41, 5.74) is 3.30. The number of nitrogens with one attached hydrogen (secondary N) is 1. The molecule has 0 saturated carbocycles. The molecule has 2 aromatic heterocycles. The number of benzene rings is 4. The van der Waals surface area contributed by atoms with Crippen LogP contribution in [0.4, 0.5) is 5.69 Å². The second kappa shape index (κ2) is 10.1. The molecule has 9 heteroatoms. The molecule has 0 aliphatic heterocycles. The summed E-state index contributed by atoms with van der Waals surface area (Å²) in [6.45, 7) is 2.12. The number of anilines is 1. The highest BCUT2D eigenvalue weighted by molar-refractivity contribution is 9.10. The predicted molar refractivity (Wildman–Crippen MR) is 147 cm³/mol. The van der Waals surface area contributed by atoms with Crippen LogP contribution in [0.25, 0.3) is 33.3 Å². The molecule has 8 nitrogen and oxygen atoms in total. The van der Waals surface area contributed by atoms with Crippen molar-refractivity contribution in [1.29, 1.82) is 0 Å². The third-order valence-corrected chi connectivity index (χ3v) is 6.73. The summed E-state index contributed by atoms with van der Waals surface area (Å²) < 4.78 is 17.8. The predicted octanol–water partition coefficient (Wildman–Crippen LogP) is 7.19. The summed E-state index contributed by atoms with van der Waals surface area (Å²) in [6.07, 6.45) is 0.671. The number of hydrogen-bond donors (Lipinski definition) is 1. The highest BCUT2D eigenvalue weighted by Gasteiger charge is 2.14. The van der Waals surface area contributed by atoms with E-state index in [0.717, 1.165) is 20.8 Å². The van der Waals surface area contributed by atoms with Crippen LogP contribution in [-0.4, -0.2) is 21.0 Å². The Kier molecular flexibility index (Phi) is 6.35. The van der Waals surface area contributed by atoms with Gasteiger partial charge in [-0.3, -0.25) is 4.79 Å². The van der Waals surface area contributed by atoms with Crippen LogP contribution in [0.2, 0.25) is 0 Å². The number of nitrogens with zero attached hydrogens (tertiary/aromatic N) is 3. The van der Waals surface area contributed by atoms with Crippen LogP contribution in [0.5, 0.6) is 5.75 Å². The molecule has 0 aliphatic carbocycles. The molecule has 0 fully saturated rings. The van der Waals surface area contributed by atoms with E-state index in [1.54, 1.807) is 42.5 Å². The highest BCUT2D eigenvalue weighted by Crippen LogP contribution is 2.34. The zero-order chi connectivity index (χ0) is 26.1. The number of carbonyl (C=O) groups excluding carboxylic acids is 1. The molecule has 0 aliphatic rings. The lowest BCUT2D eigenvalue weighted by Gasteiger charge is -2.07. The third-order valence-electron chi connectivity index (χ3n) is 6.04. The first-order valence-corrected chi connectivity index (χ1v) is 12.8. The smallest absolute Gasteiger partial charge is 0.255 e. The molecule has 0 bridgehead atoms. The fourth-order valence-corrected chi connectivity index (χ4v) is 4.62. The summed E-state index contributed by atoms with van der Waals surface area (Å²) in [5, 5.41) is 8.91. The van der Waals surface area contributed by atoms with Gasteiger partial charge < -0.3 is 19.0 Å². The minimum absolute atomic E-state index is 0.185. The second-order valence-corrected chi connectivity index (χ2v) is 9.42. The fourth-order valence-electron chi connectivity index (χ4n) is 4.12. The van der Waals surface area contributed by atoms with Crippen molar-refractivity contribution in [2.24, 2.45) is 0 Å². The molecule has 0 spiro atoms. The molecular weight excluding hydrogens is 548 g/mol. The number of aryl methyl sites for hydroxylation is 1. The van der Waals surface area contributed by atoms with E-state index >= 15 is 0 Å². The van der Waals surface area contributed by atoms with E-state index in [9.17, 15) is 4.79 Å². The second-order valence-electron chi connectivity index (χ2n) is 8.57. The summed E-state index contributed by atoms with van der Waals surface area (Å²) >= 11 is 3.61. The van der Waals surface area contributed by atoms with Crippen molar-refractivity contribution in [3.63, 3.8) is 0 Å². The van der Waals surface area contributed by atoms with E-state index in [4.69, 9.17) is 18.7 Å². The van der Waals surface area contributed by atoms with Gasteiger partial charge in [-0.1, -0.05) is 52.3 Å². The van der Waals surface area contributed by atoms with Crippen LogP contribution < -0.4 is 10.1 Å². The van der Waals surface area contributed by atoms with Gasteiger partial charge in [-0.05, 0) is 65.4 Å². The average Bonchev–Trinajstić information content (AvgIpc) is 3.59. The van der Waals surface area contributed by atoms with Crippen molar-refractivity contribution in [2.75, 3.05) is 5.32 Å². The van der Waals surface area contributed by atoms with E-state index in [0.29, 0.717) is 52.1 Å². The number of aromatic nitrogens is 3. The van der Waals surface area contributed by atoms with Crippen molar-refractivity contribution in [1.82, 2.24) is 15.1 Å². The lowest BCUT2D eigenvalue weighted by Crippen LogP contribution is -2.11. The van der Waals surface area contributed by atoms with Crippen LogP contribution in [-0.2, 0) is 13.0 Å². The Morgan fingerprint density at radius 3 is 2.61 bits per heavy atom. The first-order valence-electron chi connectivity index (χ1n) is 12.0. The topological polar surface area (TPSA) is 103 Å². The van der Waals surface area contributed by atoms with E-state index < -0.39 is 0 Å². The molecule has 0 unspecified atom stereocenters. The first-order chi connectivity index (χ1) is 18.6. The van der Waals surface area contributed by atoms with Crippen molar-refractivity contribution in [3.05, 3.63) is 101 Å². The average molecular weight is 569 g/mol. The van der Waals surface area contributed by atoms with Gasteiger partial charge in [-0.2, -0.15) is 4.98 Å². The number of hydrogen-bond acceptors (Lipinski definition) is 7. The van der Waals surface area contributed by atoms with Crippen molar-refractivity contribution in [3.8, 4) is 17.2 Å². The fraction of sp³-hybridized carbons (Fsp3) is 0.103. The van der Waals surface area contributed by atoms with Crippen LogP contribution in [0, 0.1) is 0 Å². The van der Waals surface area contributed by atoms with Gasteiger partial charge in [-0.15, -0.1) is 0 Å². The van der Waals surface area contributed by atoms with E-state index in [1.807, 2.05) is 43.3 Å². The van der Waals surface area contributed by atoms with Crippen LogP contribution in [0.1, 0.15) is 29.0 Å². The van der Waals surface area contributed by atoms with Gasteiger partial charge in [-0.25, -0.2) is 4.98 Å². The minimum atomic E-state index is -0.246. The zero-order valence-corrected chi connectivity index (χ0v) is 21.9. The summed E-state index contributed by atoms with van der Waals surface area (Å²) in [7, 11) is 0. The molecule has 188 valence electrons. The molecular formula is C29H21BrN4O4. The van der Waals surface area contributed by atoms with Gasteiger partial charge in [0.05, 0.1) is 0 Å².